The molecule has 0 heterocycles. The van der Waals surface area contributed by atoms with Crippen LogP contribution in [0.3, 0.4) is 0 Å². The van der Waals surface area contributed by atoms with Crippen LogP contribution < -0.4 is 20.1 Å². The summed E-state index contributed by atoms with van der Waals surface area (Å²) in [5.41, 5.74) is 2.20. The van der Waals surface area contributed by atoms with Crippen LogP contribution in [-0.2, 0) is 0 Å². The van der Waals surface area contributed by atoms with Gasteiger partial charge in [-0.05, 0) is 68.8 Å². The third-order valence-corrected chi connectivity index (χ3v) is 4.13. The van der Waals surface area contributed by atoms with Crippen molar-refractivity contribution in [3.63, 3.8) is 0 Å². The van der Waals surface area contributed by atoms with E-state index in [0.29, 0.717) is 0 Å². The summed E-state index contributed by atoms with van der Waals surface area (Å²) in [6.07, 6.45) is 5.12. The van der Waals surface area contributed by atoms with E-state index >= 15 is 0 Å². The molecule has 0 fully saturated rings. The fraction of sp³-hybridized carbons (Fsp3) is 0.478. The van der Waals surface area contributed by atoms with E-state index in [0.717, 1.165) is 49.0 Å². The lowest BCUT2D eigenvalue weighted by Gasteiger charge is -2.12. The van der Waals surface area contributed by atoms with Gasteiger partial charge in [-0.3, -0.25) is 0 Å². The molecule has 4 heteroatoms. The molecular weight excluding hydrogens is 336 g/mol. The van der Waals surface area contributed by atoms with Crippen molar-refractivity contribution < 1.29 is 9.47 Å². The number of nitrogens with one attached hydrogen (secondary N) is 2. The highest BCUT2D eigenvalue weighted by molar-refractivity contribution is 5.48. The Morgan fingerprint density at radius 2 is 1.30 bits per heavy atom. The molecule has 2 rings (SSSR count). The van der Waals surface area contributed by atoms with E-state index in [1.807, 2.05) is 50.2 Å². The maximum absolute atomic E-state index is 5.77. The first kappa shape index (κ1) is 20.9. The third-order valence-electron chi connectivity index (χ3n) is 4.13. The van der Waals surface area contributed by atoms with E-state index < -0.39 is 0 Å². The monoisotopic (exact) mass is 370 g/mol. The van der Waals surface area contributed by atoms with E-state index in [-0.39, 0.29) is 6.10 Å². The average molecular weight is 371 g/mol. The Morgan fingerprint density at radius 1 is 0.741 bits per heavy atom. The highest BCUT2D eigenvalue weighted by Crippen LogP contribution is 2.18. The van der Waals surface area contributed by atoms with Gasteiger partial charge in [0, 0.05) is 24.5 Å². The molecule has 0 spiro atoms. The zero-order valence-corrected chi connectivity index (χ0v) is 17.0. The molecule has 0 amide bonds. The summed E-state index contributed by atoms with van der Waals surface area (Å²) in [6.45, 7) is 8.79. The van der Waals surface area contributed by atoms with Crippen molar-refractivity contribution >= 4 is 11.4 Å². The average Bonchev–Trinajstić information content (AvgIpc) is 2.67. The Hall–Kier alpha value is -2.36. The van der Waals surface area contributed by atoms with Crippen molar-refractivity contribution in [1.82, 2.24) is 0 Å². The van der Waals surface area contributed by atoms with Gasteiger partial charge in [0.05, 0.1) is 12.7 Å². The number of benzene rings is 2. The van der Waals surface area contributed by atoms with Crippen LogP contribution in [0.15, 0.2) is 48.5 Å². The Morgan fingerprint density at radius 3 is 1.81 bits per heavy atom. The van der Waals surface area contributed by atoms with Crippen molar-refractivity contribution in [2.45, 2.75) is 52.6 Å². The Kier molecular flexibility index (Phi) is 9.39. The minimum atomic E-state index is 0.200. The van der Waals surface area contributed by atoms with Crippen LogP contribution in [0, 0.1) is 0 Å². The lowest BCUT2D eigenvalue weighted by Crippen LogP contribution is -2.13. The second-order valence-electron chi connectivity index (χ2n) is 6.98. The van der Waals surface area contributed by atoms with Gasteiger partial charge in [0.25, 0.3) is 0 Å². The smallest absolute Gasteiger partial charge is 0.119 e. The van der Waals surface area contributed by atoms with Gasteiger partial charge in [0.15, 0.2) is 0 Å². The second kappa shape index (κ2) is 12.1. The molecule has 148 valence electrons. The van der Waals surface area contributed by atoms with E-state index in [1.54, 1.807) is 0 Å². The molecule has 27 heavy (non-hydrogen) atoms. The fourth-order valence-corrected chi connectivity index (χ4v) is 2.73. The van der Waals surface area contributed by atoms with Crippen LogP contribution in [0.25, 0.3) is 0 Å². The molecular formula is C23H34N2O2. The predicted molar refractivity (Wildman–Crippen MR) is 115 cm³/mol. The van der Waals surface area contributed by atoms with Crippen LogP contribution in [0.5, 0.6) is 11.5 Å². The fourth-order valence-electron chi connectivity index (χ4n) is 2.73. The summed E-state index contributed by atoms with van der Waals surface area (Å²) in [5.74, 6) is 1.85. The summed E-state index contributed by atoms with van der Waals surface area (Å²) in [4.78, 5) is 0. The Balaban J connectivity index is 1.62. The quantitative estimate of drug-likeness (QED) is 0.427. The van der Waals surface area contributed by atoms with Crippen LogP contribution in [0.1, 0.15) is 46.5 Å². The number of unbranched alkanes of at least 4 members (excludes halogenated alkanes) is 3. The summed E-state index contributed by atoms with van der Waals surface area (Å²) in [6, 6.07) is 16.3. The molecule has 0 radical (unpaired) electrons. The minimum Gasteiger partial charge on any atom is -0.494 e. The zero-order valence-electron chi connectivity index (χ0n) is 17.0. The molecule has 0 aromatic heterocycles. The van der Waals surface area contributed by atoms with Crippen molar-refractivity contribution in [3.8, 4) is 11.5 Å². The first-order valence-electron chi connectivity index (χ1n) is 10.1. The zero-order chi connectivity index (χ0) is 19.3. The number of ether oxygens (including phenoxy) is 2. The normalized spacial score (nSPS) is 10.7. The van der Waals surface area contributed by atoms with E-state index in [4.69, 9.17) is 9.47 Å². The van der Waals surface area contributed by atoms with Gasteiger partial charge >= 0.3 is 0 Å². The second-order valence-corrected chi connectivity index (χ2v) is 6.98. The SMILES string of the molecule is CCCCCCOc1ccc(NCCNc2ccc(OC(C)C)cc2)cc1. The number of hydrogen-bond acceptors (Lipinski definition) is 4. The Bertz CT molecular complexity index is 624. The summed E-state index contributed by atoms with van der Waals surface area (Å²) >= 11 is 0. The van der Waals surface area contributed by atoms with Crippen molar-refractivity contribution in [3.05, 3.63) is 48.5 Å². The summed E-state index contributed by atoms with van der Waals surface area (Å²) in [7, 11) is 0. The van der Waals surface area contributed by atoms with Gasteiger partial charge in [-0.1, -0.05) is 26.2 Å². The van der Waals surface area contributed by atoms with E-state index in [9.17, 15) is 0 Å². The molecule has 0 unspecified atom stereocenters. The molecule has 4 nitrogen and oxygen atoms in total. The maximum atomic E-state index is 5.77. The molecule has 0 aliphatic rings. The topological polar surface area (TPSA) is 42.5 Å². The molecule has 0 atom stereocenters. The number of hydrogen-bond donors (Lipinski definition) is 2. The van der Waals surface area contributed by atoms with Crippen molar-refractivity contribution in [1.29, 1.82) is 0 Å². The highest BCUT2D eigenvalue weighted by Gasteiger charge is 1.99. The molecule has 0 saturated carbocycles. The highest BCUT2D eigenvalue weighted by atomic mass is 16.5. The Labute approximate surface area is 164 Å². The standard InChI is InChI=1S/C23H34N2O2/c1-4-5-6-7-18-26-22-12-8-20(9-13-22)24-16-17-25-21-10-14-23(15-11-21)27-19(2)3/h8-15,19,24-25H,4-7,16-18H2,1-3H3. The summed E-state index contributed by atoms with van der Waals surface area (Å²) < 4.78 is 11.4. The molecule has 0 aliphatic heterocycles. The van der Waals surface area contributed by atoms with E-state index in [1.165, 1.54) is 19.3 Å². The first-order valence-corrected chi connectivity index (χ1v) is 10.1. The molecule has 2 aromatic carbocycles. The van der Waals surface area contributed by atoms with Crippen LogP contribution in [-0.4, -0.2) is 25.8 Å². The lowest BCUT2D eigenvalue weighted by molar-refractivity contribution is 0.242. The summed E-state index contributed by atoms with van der Waals surface area (Å²) in [5, 5.41) is 6.83. The van der Waals surface area contributed by atoms with Gasteiger partial charge in [0.1, 0.15) is 11.5 Å². The van der Waals surface area contributed by atoms with Crippen molar-refractivity contribution in [2.24, 2.45) is 0 Å². The third kappa shape index (κ3) is 8.72. The molecule has 2 aromatic rings. The predicted octanol–water partition coefficient (Wildman–Crippen LogP) is 5.96. The molecule has 0 bridgehead atoms. The van der Waals surface area contributed by atoms with Gasteiger partial charge in [0.2, 0.25) is 0 Å². The number of anilines is 2. The van der Waals surface area contributed by atoms with Crippen LogP contribution in [0.4, 0.5) is 11.4 Å². The van der Waals surface area contributed by atoms with Crippen LogP contribution in [0.2, 0.25) is 0 Å². The maximum Gasteiger partial charge on any atom is 0.119 e. The number of rotatable bonds is 13. The van der Waals surface area contributed by atoms with Gasteiger partial charge in [-0.25, -0.2) is 0 Å². The molecule has 2 N–H and O–H groups in total. The van der Waals surface area contributed by atoms with E-state index in [2.05, 4.69) is 29.7 Å². The molecule has 0 aliphatic carbocycles. The first-order chi connectivity index (χ1) is 13.2. The minimum absolute atomic E-state index is 0.200. The van der Waals surface area contributed by atoms with Crippen molar-refractivity contribution in [2.75, 3.05) is 30.3 Å². The van der Waals surface area contributed by atoms with Crippen LogP contribution >= 0.6 is 0 Å². The lowest BCUT2D eigenvalue weighted by atomic mass is 10.2. The van der Waals surface area contributed by atoms with Gasteiger partial charge < -0.3 is 20.1 Å². The largest absolute Gasteiger partial charge is 0.494 e. The molecule has 0 saturated heterocycles. The van der Waals surface area contributed by atoms with Gasteiger partial charge in [-0.15, -0.1) is 0 Å². The van der Waals surface area contributed by atoms with Gasteiger partial charge in [-0.2, -0.15) is 0 Å².